The van der Waals surface area contributed by atoms with E-state index in [0.29, 0.717) is 17.7 Å². The Morgan fingerprint density at radius 2 is 1.95 bits per heavy atom. The summed E-state index contributed by atoms with van der Waals surface area (Å²) < 4.78 is 5.34. The molecule has 2 atom stereocenters. The molecule has 21 heavy (non-hydrogen) atoms. The maximum atomic E-state index is 11.8. The average molecular weight is 286 g/mol. The minimum Gasteiger partial charge on any atom is -0.423 e. The summed E-state index contributed by atoms with van der Waals surface area (Å²) in [5.74, 6) is 0. The van der Waals surface area contributed by atoms with Gasteiger partial charge in [-0.05, 0) is 38.0 Å². The minimum absolute atomic E-state index is 0.265. The van der Waals surface area contributed by atoms with Gasteiger partial charge in [0.1, 0.15) is 5.58 Å². The third-order valence-corrected chi connectivity index (χ3v) is 4.35. The Morgan fingerprint density at radius 3 is 2.67 bits per heavy atom. The van der Waals surface area contributed by atoms with Crippen LogP contribution < -0.4 is 10.9 Å². The van der Waals surface area contributed by atoms with Crippen LogP contribution in [0.25, 0.3) is 11.0 Å². The fourth-order valence-corrected chi connectivity index (χ4v) is 3.15. The molecule has 2 heterocycles. The molecule has 1 aromatic carbocycles. The summed E-state index contributed by atoms with van der Waals surface area (Å²) in [7, 11) is 0. The zero-order chi connectivity index (χ0) is 15.0. The van der Waals surface area contributed by atoms with Crippen molar-refractivity contribution in [2.24, 2.45) is 0 Å². The van der Waals surface area contributed by atoms with Crippen molar-refractivity contribution in [3.05, 3.63) is 45.8 Å². The van der Waals surface area contributed by atoms with Gasteiger partial charge in [0.05, 0.1) is 0 Å². The van der Waals surface area contributed by atoms with E-state index >= 15 is 0 Å². The van der Waals surface area contributed by atoms with Gasteiger partial charge in [0, 0.05) is 43.2 Å². The predicted molar refractivity (Wildman–Crippen MR) is 84.6 cm³/mol. The fraction of sp³-hybridized carbons (Fsp3) is 0.471. The lowest BCUT2D eigenvalue weighted by molar-refractivity contribution is 0.109. The molecule has 1 aliphatic heterocycles. The zero-order valence-electron chi connectivity index (χ0n) is 12.8. The Morgan fingerprint density at radius 1 is 1.24 bits per heavy atom. The molecule has 2 unspecified atom stereocenters. The molecule has 0 amide bonds. The van der Waals surface area contributed by atoms with E-state index in [1.165, 1.54) is 0 Å². The summed E-state index contributed by atoms with van der Waals surface area (Å²) in [6, 6.07) is 8.61. The number of nitrogens with zero attached hydrogens (tertiary/aromatic N) is 1. The normalized spacial score (nSPS) is 23.6. The molecule has 0 bridgehead atoms. The van der Waals surface area contributed by atoms with Crippen LogP contribution >= 0.6 is 0 Å². The van der Waals surface area contributed by atoms with Crippen molar-refractivity contribution in [2.45, 2.75) is 39.4 Å². The molecule has 112 valence electrons. The van der Waals surface area contributed by atoms with Crippen LogP contribution in [0.2, 0.25) is 0 Å². The van der Waals surface area contributed by atoms with E-state index in [9.17, 15) is 4.79 Å². The van der Waals surface area contributed by atoms with Crippen molar-refractivity contribution in [3.63, 3.8) is 0 Å². The van der Waals surface area contributed by atoms with Crippen LogP contribution in [-0.2, 0) is 6.54 Å². The number of rotatable bonds is 2. The number of fused-ring (bicyclic) bond motifs is 1. The summed E-state index contributed by atoms with van der Waals surface area (Å²) >= 11 is 0. The van der Waals surface area contributed by atoms with E-state index in [2.05, 4.69) is 36.2 Å². The first-order chi connectivity index (χ1) is 10.0. The van der Waals surface area contributed by atoms with Gasteiger partial charge in [-0.25, -0.2) is 4.79 Å². The fourth-order valence-electron chi connectivity index (χ4n) is 3.15. The average Bonchev–Trinajstić information content (AvgIpc) is 2.42. The third kappa shape index (κ3) is 2.87. The number of aryl methyl sites for hydroxylation is 1. The van der Waals surface area contributed by atoms with Crippen LogP contribution in [0.1, 0.15) is 25.0 Å². The molecule has 1 fully saturated rings. The number of hydrogen-bond donors (Lipinski definition) is 1. The lowest BCUT2D eigenvalue weighted by Gasteiger charge is -2.39. The first-order valence-electron chi connectivity index (χ1n) is 7.54. The van der Waals surface area contributed by atoms with Crippen molar-refractivity contribution < 1.29 is 4.42 Å². The van der Waals surface area contributed by atoms with E-state index in [4.69, 9.17) is 4.42 Å². The van der Waals surface area contributed by atoms with E-state index in [1.54, 1.807) is 6.07 Å². The van der Waals surface area contributed by atoms with E-state index in [1.807, 2.05) is 13.0 Å². The van der Waals surface area contributed by atoms with Gasteiger partial charge >= 0.3 is 5.63 Å². The largest absolute Gasteiger partial charge is 0.423 e. The van der Waals surface area contributed by atoms with E-state index in [-0.39, 0.29) is 5.63 Å². The summed E-state index contributed by atoms with van der Waals surface area (Å²) in [5, 5.41) is 4.47. The molecule has 0 spiro atoms. The molecule has 0 saturated carbocycles. The number of benzene rings is 1. The molecule has 1 aliphatic rings. The first kappa shape index (κ1) is 14.3. The van der Waals surface area contributed by atoms with Gasteiger partial charge in [-0.3, -0.25) is 4.90 Å². The van der Waals surface area contributed by atoms with Gasteiger partial charge in [0.25, 0.3) is 0 Å². The molecule has 1 aromatic heterocycles. The van der Waals surface area contributed by atoms with Crippen LogP contribution in [0.4, 0.5) is 0 Å². The van der Waals surface area contributed by atoms with Crippen LogP contribution in [0.5, 0.6) is 0 Å². The standard InChI is InChI=1S/C17H22N2O2/c1-11-4-5-15-14(7-17(20)21-16(15)6-11)10-19-12(2)8-18-9-13(19)3/h4-7,12-13,18H,8-10H2,1-3H3. The molecule has 0 aliphatic carbocycles. The Labute approximate surface area is 124 Å². The Bertz CT molecular complexity index is 697. The predicted octanol–water partition coefficient (Wildman–Crippen LogP) is 2.28. The smallest absolute Gasteiger partial charge is 0.336 e. The van der Waals surface area contributed by atoms with E-state index in [0.717, 1.165) is 36.1 Å². The van der Waals surface area contributed by atoms with Gasteiger partial charge in [-0.15, -0.1) is 0 Å². The summed E-state index contributed by atoms with van der Waals surface area (Å²) in [4.78, 5) is 14.3. The Balaban J connectivity index is 2.01. The maximum absolute atomic E-state index is 11.8. The number of hydrogen-bond acceptors (Lipinski definition) is 4. The van der Waals surface area contributed by atoms with Gasteiger partial charge in [0.15, 0.2) is 0 Å². The highest BCUT2D eigenvalue weighted by molar-refractivity contribution is 5.80. The molecule has 2 aromatic rings. The SMILES string of the molecule is Cc1ccc2c(CN3C(C)CNCC3C)cc(=O)oc2c1. The molecule has 4 heteroatoms. The summed E-state index contributed by atoms with van der Waals surface area (Å²) in [6.07, 6.45) is 0. The second-order valence-corrected chi connectivity index (χ2v) is 6.12. The summed E-state index contributed by atoms with van der Waals surface area (Å²) in [6.45, 7) is 9.22. The molecular weight excluding hydrogens is 264 g/mol. The number of nitrogens with one attached hydrogen (secondary N) is 1. The lowest BCUT2D eigenvalue weighted by atomic mass is 10.0. The van der Waals surface area contributed by atoms with Gasteiger partial charge in [0.2, 0.25) is 0 Å². The topological polar surface area (TPSA) is 45.5 Å². The van der Waals surface area contributed by atoms with Crippen LogP contribution in [0.3, 0.4) is 0 Å². The highest BCUT2D eigenvalue weighted by atomic mass is 16.4. The molecule has 3 rings (SSSR count). The van der Waals surface area contributed by atoms with Crippen LogP contribution in [0.15, 0.2) is 33.5 Å². The van der Waals surface area contributed by atoms with E-state index < -0.39 is 0 Å². The highest BCUT2D eigenvalue weighted by Crippen LogP contribution is 2.22. The molecule has 4 nitrogen and oxygen atoms in total. The first-order valence-corrected chi connectivity index (χ1v) is 7.54. The maximum Gasteiger partial charge on any atom is 0.336 e. The van der Waals surface area contributed by atoms with Gasteiger partial charge in [-0.2, -0.15) is 0 Å². The van der Waals surface area contributed by atoms with Crippen molar-refractivity contribution in [3.8, 4) is 0 Å². The van der Waals surface area contributed by atoms with Crippen molar-refractivity contribution in [2.75, 3.05) is 13.1 Å². The molecule has 1 saturated heterocycles. The second kappa shape index (κ2) is 5.62. The third-order valence-electron chi connectivity index (χ3n) is 4.35. The van der Waals surface area contributed by atoms with Crippen LogP contribution in [0, 0.1) is 6.92 Å². The summed E-state index contributed by atoms with van der Waals surface area (Å²) in [5.41, 5.74) is 2.58. The Hall–Kier alpha value is -1.65. The highest BCUT2D eigenvalue weighted by Gasteiger charge is 2.25. The molecular formula is C17H22N2O2. The lowest BCUT2D eigenvalue weighted by Crippen LogP contribution is -2.54. The second-order valence-electron chi connectivity index (χ2n) is 6.12. The minimum atomic E-state index is -0.265. The zero-order valence-corrected chi connectivity index (χ0v) is 12.8. The van der Waals surface area contributed by atoms with Crippen molar-refractivity contribution in [1.29, 1.82) is 0 Å². The molecule has 0 radical (unpaired) electrons. The monoisotopic (exact) mass is 286 g/mol. The van der Waals surface area contributed by atoms with Gasteiger partial charge < -0.3 is 9.73 Å². The van der Waals surface area contributed by atoms with Crippen molar-refractivity contribution in [1.82, 2.24) is 10.2 Å². The van der Waals surface area contributed by atoms with Crippen molar-refractivity contribution >= 4 is 11.0 Å². The number of piperazine rings is 1. The quantitative estimate of drug-likeness (QED) is 0.860. The van der Waals surface area contributed by atoms with Crippen LogP contribution in [-0.4, -0.2) is 30.1 Å². The Kier molecular flexibility index (Phi) is 3.83. The molecule has 1 N–H and O–H groups in total. The van der Waals surface area contributed by atoms with Gasteiger partial charge in [-0.1, -0.05) is 12.1 Å².